The van der Waals surface area contributed by atoms with Gasteiger partial charge in [0.05, 0.1) is 0 Å². The fourth-order valence-electron chi connectivity index (χ4n) is 1.29. The van der Waals surface area contributed by atoms with E-state index < -0.39 is 30.9 Å². The molecule has 1 atom stereocenters. The molecule has 0 heterocycles. The number of rotatable bonds is 8. The van der Waals surface area contributed by atoms with Gasteiger partial charge in [-0.25, -0.2) is 9.59 Å². The normalized spacial score (nSPS) is 12.6. The lowest BCUT2D eigenvalue weighted by Gasteiger charge is -2.26. The van der Waals surface area contributed by atoms with Crippen molar-refractivity contribution in [2.75, 3.05) is 13.2 Å². The van der Waals surface area contributed by atoms with Crippen molar-refractivity contribution >= 4 is 11.9 Å². The van der Waals surface area contributed by atoms with Crippen molar-refractivity contribution in [2.45, 2.75) is 5.79 Å². The number of ether oxygens (including phenoxy) is 3. The first-order chi connectivity index (χ1) is 9.99. The predicted octanol–water partition coefficient (Wildman–Crippen LogP) is 1.21. The van der Waals surface area contributed by atoms with Gasteiger partial charge >= 0.3 is 11.9 Å². The molecule has 112 valence electrons. The molecule has 1 aromatic rings. The molecule has 0 spiro atoms. The van der Waals surface area contributed by atoms with Crippen molar-refractivity contribution in [3.05, 3.63) is 55.6 Å². The molecule has 0 aliphatic rings. The molecule has 0 saturated carbocycles. The minimum absolute atomic E-state index is 0.416. The molecular weight excluding hydrogens is 276 g/mol. The SMILES string of the molecule is C=CC(=O)OCC(O)(COc1ccccc1)OC(=O)C=C. The molecule has 0 amide bonds. The Morgan fingerprint density at radius 1 is 1.10 bits per heavy atom. The molecule has 0 radical (unpaired) electrons. The molecule has 0 aromatic heterocycles. The van der Waals surface area contributed by atoms with Gasteiger partial charge in [-0.3, -0.25) is 0 Å². The summed E-state index contributed by atoms with van der Waals surface area (Å²) in [6.07, 6.45) is 1.80. The van der Waals surface area contributed by atoms with Crippen molar-refractivity contribution in [1.29, 1.82) is 0 Å². The summed E-state index contributed by atoms with van der Waals surface area (Å²) in [5, 5.41) is 10.2. The lowest BCUT2D eigenvalue weighted by atomic mass is 10.3. The van der Waals surface area contributed by atoms with Gasteiger partial charge in [0.15, 0.2) is 13.2 Å². The summed E-state index contributed by atoms with van der Waals surface area (Å²) in [5.74, 6) is -3.30. The van der Waals surface area contributed by atoms with Crippen molar-refractivity contribution in [2.24, 2.45) is 0 Å². The third-order valence-corrected chi connectivity index (χ3v) is 2.27. The van der Waals surface area contributed by atoms with Crippen LogP contribution in [0.4, 0.5) is 0 Å². The lowest BCUT2D eigenvalue weighted by Crippen LogP contribution is -2.45. The Kier molecular flexibility index (Phi) is 6.16. The Labute approximate surface area is 122 Å². The van der Waals surface area contributed by atoms with Crippen molar-refractivity contribution < 1.29 is 28.9 Å². The second kappa shape index (κ2) is 7.86. The Morgan fingerprint density at radius 3 is 2.29 bits per heavy atom. The number of hydrogen-bond acceptors (Lipinski definition) is 6. The first-order valence-corrected chi connectivity index (χ1v) is 6.04. The minimum atomic E-state index is -2.13. The number of hydrogen-bond donors (Lipinski definition) is 1. The molecule has 1 rings (SSSR count). The third-order valence-electron chi connectivity index (χ3n) is 2.27. The van der Waals surface area contributed by atoms with Crippen molar-refractivity contribution in [1.82, 2.24) is 0 Å². The van der Waals surface area contributed by atoms with E-state index >= 15 is 0 Å². The van der Waals surface area contributed by atoms with E-state index in [9.17, 15) is 14.7 Å². The largest absolute Gasteiger partial charge is 0.487 e. The van der Waals surface area contributed by atoms with E-state index in [1.54, 1.807) is 30.3 Å². The quantitative estimate of drug-likeness (QED) is 0.440. The Bertz CT molecular complexity index is 510. The van der Waals surface area contributed by atoms with Crippen LogP contribution in [0.15, 0.2) is 55.6 Å². The van der Waals surface area contributed by atoms with Crippen LogP contribution in [0.3, 0.4) is 0 Å². The Hall–Kier alpha value is -2.60. The first kappa shape index (κ1) is 16.5. The Balaban J connectivity index is 2.70. The number of benzene rings is 1. The number of aliphatic hydroxyl groups is 1. The highest BCUT2D eigenvalue weighted by Gasteiger charge is 2.34. The summed E-state index contributed by atoms with van der Waals surface area (Å²) in [6.45, 7) is 5.44. The van der Waals surface area contributed by atoms with E-state index in [1.165, 1.54) is 0 Å². The zero-order chi connectivity index (χ0) is 15.7. The molecule has 6 nitrogen and oxygen atoms in total. The second-order valence-corrected chi connectivity index (χ2v) is 3.98. The summed E-state index contributed by atoms with van der Waals surface area (Å²) in [5.41, 5.74) is 0. The number of para-hydroxylation sites is 1. The molecule has 0 bridgehead atoms. The highest BCUT2D eigenvalue weighted by Crippen LogP contribution is 2.15. The molecule has 1 aromatic carbocycles. The molecule has 1 N–H and O–H groups in total. The molecule has 21 heavy (non-hydrogen) atoms. The van der Waals surface area contributed by atoms with Crippen LogP contribution < -0.4 is 4.74 Å². The minimum Gasteiger partial charge on any atom is -0.487 e. The maximum absolute atomic E-state index is 11.2. The van der Waals surface area contributed by atoms with Gasteiger partial charge in [0.1, 0.15) is 5.75 Å². The standard InChI is InChI=1S/C15H16O6/c1-3-13(16)20-11-15(18,21-14(17)4-2)10-19-12-8-6-5-7-9-12/h3-9,18H,1-2,10-11H2. The third kappa shape index (κ3) is 5.92. The van der Waals surface area contributed by atoms with E-state index in [0.717, 1.165) is 12.2 Å². The molecule has 0 fully saturated rings. The average Bonchev–Trinajstić information content (AvgIpc) is 2.51. The zero-order valence-corrected chi connectivity index (χ0v) is 11.4. The fourth-order valence-corrected chi connectivity index (χ4v) is 1.29. The van der Waals surface area contributed by atoms with E-state index in [1.807, 2.05) is 0 Å². The van der Waals surface area contributed by atoms with Gasteiger partial charge in [-0.2, -0.15) is 0 Å². The Morgan fingerprint density at radius 2 is 1.71 bits per heavy atom. The molecule has 0 aliphatic heterocycles. The van der Waals surface area contributed by atoms with Gasteiger partial charge in [-0.15, -0.1) is 0 Å². The first-order valence-electron chi connectivity index (χ1n) is 6.04. The van der Waals surface area contributed by atoms with Crippen molar-refractivity contribution in [3.8, 4) is 5.75 Å². The summed E-state index contributed by atoms with van der Waals surface area (Å²) < 4.78 is 14.8. The van der Waals surface area contributed by atoms with Crippen LogP contribution in [0, 0.1) is 0 Å². The van der Waals surface area contributed by atoms with Crippen LogP contribution in [0.2, 0.25) is 0 Å². The molecule has 0 saturated heterocycles. The van der Waals surface area contributed by atoms with E-state index in [4.69, 9.17) is 14.2 Å². The van der Waals surface area contributed by atoms with Gasteiger partial charge in [-0.05, 0) is 12.1 Å². The van der Waals surface area contributed by atoms with Crippen LogP contribution >= 0.6 is 0 Å². The molecule has 1 unspecified atom stereocenters. The van der Waals surface area contributed by atoms with Crippen molar-refractivity contribution in [3.63, 3.8) is 0 Å². The fraction of sp³-hybridized carbons (Fsp3) is 0.200. The number of carbonyl (C=O) groups is 2. The average molecular weight is 292 g/mol. The monoisotopic (exact) mass is 292 g/mol. The molecule has 6 heteroatoms. The maximum Gasteiger partial charge on any atom is 0.332 e. The topological polar surface area (TPSA) is 82.1 Å². The van der Waals surface area contributed by atoms with E-state index in [-0.39, 0.29) is 0 Å². The van der Waals surface area contributed by atoms with Gasteiger partial charge in [-0.1, -0.05) is 31.4 Å². The maximum atomic E-state index is 11.2. The number of esters is 2. The number of carbonyl (C=O) groups excluding carboxylic acids is 2. The summed E-state index contributed by atoms with van der Waals surface area (Å²) in [4.78, 5) is 22.3. The van der Waals surface area contributed by atoms with Crippen LogP contribution in [0.5, 0.6) is 5.75 Å². The van der Waals surface area contributed by atoms with E-state index in [2.05, 4.69) is 13.2 Å². The summed E-state index contributed by atoms with van der Waals surface area (Å²) in [6, 6.07) is 8.59. The van der Waals surface area contributed by atoms with Crippen LogP contribution in [-0.4, -0.2) is 36.0 Å². The second-order valence-electron chi connectivity index (χ2n) is 3.98. The molecular formula is C15H16O6. The van der Waals surface area contributed by atoms with E-state index in [0.29, 0.717) is 5.75 Å². The van der Waals surface area contributed by atoms with Gasteiger partial charge in [0.25, 0.3) is 5.79 Å². The lowest BCUT2D eigenvalue weighted by molar-refractivity contribution is -0.233. The summed E-state index contributed by atoms with van der Waals surface area (Å²) in [7, 11) is 0. The predicted molar refractivity (Wildman–Crippen MR) is 74.3 cm³/mol. The van der Waals surface area contributed by atoms with Gasteiger partial charge < -0.3 is 19.3 Å². The highest BCUT2D eigenvalue weighted by atomic mass is 16.7. The van der Waals surface area contributed by atoms with Crippen LogP contribution in [0.25, 0.3) is 0 Å². The van der Waals surface area contributed by atoms with Crippen LogP contribution in [0.1, 0.15) is 0 Å². The van der Waals surface area contributed by atoms with Gasteiger partial charge in [0.2, 0.25) is 0 Å². The highest BCUT2D eigenvalue weighted by molar-refractivity contribution is 5.82. The van der Waals surface area contributed by atoms with Crippen LogP contribution in [-0.2, 0) is 19.1 Å². The zero-order valence-electron chi connectivity index (χ0n) is 11.4. The smallest absolute Gasteiger partial charge is 0.332 e. The summed E-state index contributed by atoms with van der Waals surface area (Å²) >= 11 is 0. The molecule has 0 aliphatic carbocycles. The van der Waals surface area contributed by atoms with Gasteiger partial charge in [0, 0.05) is 12.2 Å².